The number of hydrogen-bond acceptors (Lipinski definition) is 6. The summed E-state index contributed by atoms with van der Waals surface area (Å²) in [6.45, 7) is 4.85. The highest BCUT2D eigenvalue weighted by Crippen LogP contribution is 2.37. The van der Waals surface area contributed by atoms with Crippen LogP contribution in [-0.4, -0.2) is 63.7 Å². The second kappa shape index (κ2) is 5.14. The van der Waals surface area contributed by atoms with Gasteiger partial charge in [0.05, 0.1) is 6.10 Å². The molecule has 98 valence electrons. The Morgan fingerprint density at radius 2 is 2.06 bits per heavy atom. The lowest BCUT2D eigenvalue weighted by atomic mass is 9.97. The molecule has 6 heteroatoms. The Morgan fingerprint density at radius 3 is 2.65 bits per heavy atom. The molecular weight excluding hydrogens is 240 g/mol. The van der Waals surface area contributed by atoms with E-state index in [0.717, 1.165) is 11.7 Å². The van der Waals surface area contributed by atoms with Crippen LogP contribution in [0.2, 0.25) is 0 Å². The van der Waals surface area contributed by atoms with Crippen LogP contribution in [0.1, 0.15) is 20.3 Å². The predicted octanol–water partition coefficient (Wildman–Crippen LogP) is 0.266. The van der Waals surface area contributed by atoms with Gasteiger partial charge in [0, 0.05) is 13.6 Å². The van der Waals surface area contributed by atoms with E-state index in [1.165, 1.54) is 11.8 Å². The average Bonchev–Trinajstić information content (AvgIpc) is 2.76. The summed E-state index contributed by atoms with van der Waals surface area (Å²) in [5, 5.41) is 20.8. The third-order valence-corrected chi connectivity index (χ3v) is 4.60. The minimum absolute atomic E-state index is 0.164. The van der Waals surface area contributed by atoms with Gasteiger partial charge < -0.3 is 19.8 Å². The molecule has 0 bridgehead atoms. The highest BCUT2D eigenvalue weighted by atomic mass is 32.2. The van der Waals surface area contributed by atoms with Crippen LogP contribution in [0.5, 0.6) is 0 Å². The van der Waals surface area contributed by atoms with Crippen molar-refractivity contribution in [3.63, 3.8) is 0 Å². The Bertz CT molecular complexity index is 313. The molecule has 17 heavy (non-hydrogen) atoms. The van der Waals surface area contributed by atoms with E-state index in [2.05, 4.69) is 4.99 Å². The second-order valence-corrected chi connectivity index (χ2v) is 5.53. The van der Waals surface area contributed by atoms with Crippen LogP contribution in [0.3, 0.4) is 0 Å². The Labute approximate surface area is 106 Å². The fraction of sp³-hybridized carbons (Fsp3) is 0.909. The highest BCUT2D eigenvalue weighted by molar-refractivity contribution is 8.14. The summed E-state index contributed by atoms with van der Waals surface area (Å²) in [6.07, 6.45) is -1.26. The molecular formula is C11H20N2O3S. The maximum absolute atomic E-state index is 10.1. The molecule has 0 amide bonds. The van der Waals surface area contributed by atoms with Crippen LogP contribution in [0.4, 0.5) is 0 Å². The summed E-state index contributed by atoms with van der Waals surface area (Å²) in [4.78, 5) is 6.47. The SMILES string of the molecule is CCC1O[C@@H]2SC(N(C)CC)=N[C@@H]2C(O)[C@@H]1O. The summed E-state index contributed by atoms with van der Waals surface area (Å²) in [5.41, 5.74) is -0.164. The zero-order valence-corrected chi connectivity index (χ0v) is 11.2. The Kier molecular flexibility index (Phi) is 3.97. The van der Waals surface area contributed by atoms with E-state index in [9.17, 15) is 10.2 Å². The molecule has 0 aromatic rings. The molecule has 0 radical (unpaired) electrons. The van der Waals surface area contributed by atoms with E-state index in [4.69, 9.17) is 4.74 Å². The van der Waals surface area contributed by atoms with Crippen LogP contribution < -0.4 is 0 Å². The van der Waals surface area contributed by atoms with Crippen molar-refractivity contribution < 1.29 is 14.9 Å². The first-order valence-corrected chi connectivity index (χ1v) is 6.93. The van der Waals surface area contributed by atoms with Crippen LogP contribution in [-0.2, 0) is 4.74 Å². The first kappa shape index (κ1) is 13.1. The Morgan fingerprint density at radius 1 is 1.35 bits per heavy atom. The normalized spacial score (nSPS) is 41.0. The molecule has 1 saturated heterocycles. The van der Waals surface area contributed by atoms with Crippen molar-refractivity contribution in [2.24, 2.45) is 4.99 Å². The molecule has 2 unspecified atom stereocenters. The van der Waals surface area contributed by atoms with Gasteiger partial charge in [-0.25, -0.2) is 0 Å². The largest absolute Gasteiger partial charge is 0.388 e. The molecule has 0 saturated carbocycles. The topological polar surface area (TPSA) is 65.3 Å². The fourth-order valence-corrected chi connectivity index (χ4v) is 3.33. The minimum atomic E-state index is -0.836. The van der Waals surface area contributed by atoms with Gasteiger partial charge in [-0.2, -0.15) is 0 Å². The molecule has 1 fully saturated rings. The van der Waals surface area contributed by atoms with E-state index in [1.807, 2.05) is 25.8 Å². The molecule has 2 aliphatic rings. The lowest BCUT2D eigenvalue weighted by Crippen LogP contribution is -2.54. The van der Waals surface area contributed by atoms with E-state index in [1.54, 1.807) is 0 Å². The summed E-state index contributed by atoms with van der Waals surface area (Å²) in [5.74, 6) is 0. The van der Waals surface area contributed by atoms with Crippen molar-refractivity contribution in [1.82, 2.24) is 4.90 Å². The number of rotatable bonds is 2. The van der Waals surface area contributed by atoms with Gasteiger partial charge in [0.15, 0.2) is 5.17 Å². The molecule has 0 aromatic heterocycles. The second-order valence-electron chi connectivity index (χ2n) is 4.47. The number of thioether (sulfide) groups is 1. The van der Waals surface area contributed by atoms with Gasteiger partial charge in [0.1, 0.15) is 23.7 Å². The maximum atomic E-state index is 10.1. The molecule has 2 N–H and O–H groups in total. The van der Waals surface area contributed by atoms with Crippen molar-refractivity contribution in [2.45, 2.75) is 50.1 Å². The molecule has 0 aliphatic carbocycles. The van der Waals surface area contributed by atoms with Gasteiger partial charge in [-0.3, -0.25) is 4.99 Å². The quantitative estimate of drug-likeness (QED) is 0.746. The number of amidine groups is 1. The van der Waals surface area contributed by atoms with Gasteiger partial charge in [-0.05, 0) is 13.3 Å². The molecule has 0 aromatic carbocycles. The fourth-order valence-electron chi connectivity index (χ4n) is 2.07. The van der Waals surface area contributed by atoms with Crippen LogP contribution in [0, 0.1) is 0 Å². The monoisotopic (exact) mass is 260 g/mol. The molecule has 2 rings (SSSR count). The Balaban J connectivity index is 2.12. The summed E-state index contributed by atoms with van der Waals surface area (Å²) in [6, 6.07) is -0.346. The summed E-state index contributed by atoms with van der Waals surface area (Å²) < 4.78 is 5.78. The number of aliphatic hydroxyl groups excluding tert-OH is 2. The van der Waals surface area contributed by atoms with E-state index in [-0.39, 0.29) is 17.6 Å². The lowest BCUT2D eigenvalue weighted by Gasteiger charge is -2.37. The number of hydrogen-bond donors (Lipinski definition) is 2. The smallest absolute Gasteiger partial charge is 0.162 e. The minimum Gasteiger partial charge on any atom is -0.388 e. The third-order valence-electron chi connectivity index (χ3n) is 3.35. The van der Waals surface area contributed by atoms with Crippen molar-refractivity contribution >= 4 is 16.9 Å². The number of aliphatic imine (C=N–C) groups is 1. The third kappa shape index (κ3) is 2.31. The predicted molar refractivity (Wildman–Crippen MR) is 68.1 cm³/mol. The van der Waals surface area contributed by atoms with Gasteiger partial charge >= 0.3 is 0 Å². The maximum Gasteiger partial charge on any atom is 0.162 e. The van der Waals surface area contributed by atoms with E-state index >= 15 is 0 Å². The zero-order chi connectivity index (χ0) is 12.6. The molecule has 5 atom stereocenters. The van der Waals surface area contributed by atoms with Crippen LogP contribution in [0.25, 0.3) is 0 Å². The van der Waals surface area contributed by atoms with E-state index in [0.29, 0.717) is 6.42 Å². The van der Waals surface area contributed by atoms with Gasteiger partial charge in [-0.15, -0.1) is 0 Å². The van der Waals surface area contributed by atoms with Crippen molar-refractivity contribution in [3.05, 3.63) is 0 Å². The molecule has 5 nitrogen and oxygen atoms in total. The Hall–Kier alpha value is -0.300. The summed E-state index contributed by atoms with van der Waals surface area (Å²) in [7, 11) is 1.96. The number of ether oxygens (including phenoxy) is 1. The van der Waals surface area contributed by atoms with Crippen molar-refractivity contribution in [2.75, 3.05) is 13.6 Å². The highest BCUT2D eigenvalue weighted by Gasteiger charge is 2.47. The number of aliphatic hydroxyl groups is 2. The molecule has 0 spiro atoms. The summed E-state index contributed by atoms with van der Waals surface area (Å²) >= 11 is 1.53. The number of fused-ring (bicyclic) bond motifs is 1. The van der Waals surface area contributed by atoms with Gasteiger partial charge in [-0.1, -0.05) is 18.7 Å². The van der Waals surface area contributed by atoms with Gasteiger partial charge in [0.25, 0.3) is 0 Å². The average molecular weight is 260 g/mol. The first-order chi connectivity index (χ1) is 8.08. The lowest BCUT2D eigenvalue weighted by molar-refractivity contribution is -0.153. The van der Waals surface area contributed by atoms with Gasteiger partial charge in [0.2, 0.25) is 0 Å². The standard InChI is InChI=1S/C11H20N2O3S/c1-4-6-8(14)9(15)7-10(16-6)17-11(12-7)13(3)5-2/h6-10,14-15H,4-5H2,1-3H3/t6?,7-,8-,9?,10-/m1/s1. The van der Waals surface area contributed by atoms with E-state index < -0.39 is 12.2 Å². The molecule has 2 heterocycles. The zero-order valence-electron chi connectivity index (χ0n) is 10.4. The molecule has 2 aliphatic heterocycles. The first-order valence-electron chi connectivity index (χ1n) is 6.05. The van der Waals surface area contributed by atoms with Crippen molar-refractivity contribution in [3.8, 4) is 0 Å². The van der Waals surface area contributed by atoms with Crippen LogP contribution >= 0.6 is 11.8 Å². The van der Waals surface area contributed by atoms with Crippen molar-refractivity contribution in [1.29, 1.82) is 0 Å². The number of nitrogens with zero attached hydrogens (tertiary/aromatic N) is 2. The van der Waals surface area contributed by atoms with Crippen LogP contribution in [0.15, 0.2) is 4.99 Å².